The lowest BCUT2D eigenvalue weighted by molar-refractivity contribution is 0.0963. The van der Waals surface area contributed by atoms with Gasteiger partial charge in [0.15, 0.2) is 17.5 Å². The van der Waals surface area contributed by atoms with Crippen LogP contribution in [0, 0.1) is 0 Å². The van der Waals surface area contributed by atoms with Crippen LogP contribution in [0.3, 0.4) is 0 Å². The summed E-state index contributed by atoms with van der Waals surface area (Å²) in [6.45, 7) is 4.04. The molecule has 0 fully saturated rings. The molecule has 0 saturated heterocycles. The summed E-state index contributed by atoms with van der Waals surface area (Å²) >= 11 is 0. The Morgan fingerprint density at radius 3 is 2.60 bits per heavy atom. The number of hydrogen-bond acceptors (Lipinski definition) is 4. The van der Waals surface area contributed by atoms with Gasteiger partial charge in [-0.1, -0.05) is 25.1 Å². The molecule has 0 atom stereocenters. The molecule has 0 aromatic heterocycles. The maximum absolute atomic E-state index is 11.8. The first-order valence-corrected chi connectivity index (χ1v) is 10.2. The van der Waals surface area contributed by atoms with Gasteiger partial charge in [0.25, 0.3) is 5.91 Å². The van der Waals surface area contributed by atoms with Crippen LogP contribution >= 0.6 is 0 Å². The van der Waals surface area contributed by atoms with Gasteiger partial charge in [-0.2, -0.15) is 0 Å². The number of ether oxygens (including phenoxy) is 2. The largest absolute Gasteiger partial charge is 0.493 e. The highest BCUT2D eigenvalue weighted by molar-refractivity contribution is 5.94. The molecular weight excluding hydrogens is 380 g/mol. The molecule has 2 aromatic carbocycles. The van der Waals surface area contributed by atoms with Crippen LogP contribution in [0.25, 0.3) is 0 Å². The van der Waals surface area contributed by atoms with Crippen molar-refractivity contribution in [1.82, 2.24) is 16.0 Å². The summed E-state index contributed by atoms with van der Waals surface area (Å²) in [5.74, 6) is 2.11. The lowest BCUT2D eigenvalue weighted by Crippen LogP contribution is -2.37. The lowest BCUT2D eigenvalue weighted by Gasteiger charge is -2.14. The van der Waals surface area contributed by atoms with Gasteiger partial charge in [-0.05, 0) is 48.2 Å². The quantitative estimate of drug-likeness (QED) is 0.413. The highest BCUT2D eigenvalue weighted by atomic mass is 16.5. The Morgan fingerprint density at radius 2 is 1.90 bits per heavy atom. The minimum absolute atomic E-state index is 0.0798. The molecule has 0 unspecified atom stereocenters. The number of rotatable bonds is 10. The summed E-state index contributed by atoms with van der Waals surface area (Å²) < 4.78 is 11.1. The zero-order valence-electron chi connectivity index (χ0n) is 18.2. The van der Waals surface area contributed by atoms with Crippen molar-refractivity contribution >= 4 is 11.9 Å². The van der Waals surface area contributed by atoms with Gasteiger partial charge in [0.1, 0.15) is 0 Å². The van der Waals surface area contributed by atoms with Crippen LogP contribution in [-0.4, -0.2) is 46.2 Å². The van der Waals surface area contributed by atoms with Gasteiger partial charge in [-0.25, -0.2) is 0 Å². The number of carbonyl (C=O) groups is 1. The van der Waals surface area contributed by atoms with E-state index in [0.29, 0.717) is 31.2 Å². The van der Waals surface area contributed by atoms with Gasteiger partial charge in [0.05, 0.1) is 13.7 Å². The minimum atomic E-state index is -0.0798. The molecule has 2 rings (SSSR count). The van der Waals surface area contributed by atoms with Crippen molar-refractivity contribution in [1.29, 1.82) is 0 Å². The number of aliphatic imine (C=N–C) groups is 1. The van der Waals surface area contributed by atoms with Crippen LogP contribution in [0.1, 0.15) is 34.8 Å². The topological polar surface area (TPSA) is 84.0 Å². The third kappa shape index (κ3) is 6.99. The van der Waals surface area contributed by atoms with Crippen molar-refractivity contribution in [3.63, 3.8) is 0 Å². The SMILES string of the molecule is CCCOc1ccc(CNC(=NC)NCCc2cccc(C(=O)NC)c2)cc1OC. The van der Waals surface area contributed by atoms with E-state index in [1.165, 1.54) is 0 Å². The first-order valence-electron chi connectivity index (χ1n) is 10.2. The maximum atomic E-state index is 11.8. The number of benzene rings is 2. The molecule has 0 radical (unpaired) electrons. The molecule has 0 aliphatic carbocycles. The second-order valence-electron chi connectivity index (χ2n) is 6.72. The summed E-state index contributed by atoms with van der Waals surface area (Å²) in [4.78, 5) is 16.0. The van der Waals surface area contributed by atoms with Crippen molar-refractivity contribution in [2.75, 3.05) is 34.4 Å². The van der Waals surface area contributed by atoms with Crippen molar-refractivity contribution in [3.05, 3.63) is 59.2 Å². The Morgan fingerprint density at radius 1 is 1.07 bits per heavy atom. The van der Waals surface area contributed by atoms with E-state index in [4.69, 9.17) is 9.47 Å². The lowest BCUT2D eigenvalue weighted by atomic mass is 10.1. The van der Waals surface area contributed by atoms with E-state index in [0.717, 1.165) is 35.5 Å². The van der Waals surface area contributed by atoms with Gasteiger partial charge in [-0.15, -0.1) is 0 Å². The Balaban J connectivity index is 1.86. The van der Waals surface area contributed by atoms with E-state index in [9.17, 15) is 4.79 Å². The van der Waals surface area contributed by atoms with E-state index in [-0.39, 0.29) is 5.91 Å². The number of methoxy groups -OCH3 is 1. The monoisotopic (exact) mass is 412 g/mol. The molecule has 0 bridgehead atoms. The molecular formula is C23H32N4O3. The third-order valence-electron chi connectivity index (χ3n) is 4.50. The summed E-state index contributed by atoms with van der Waals surface area (Å²) in [7, 11) is 5.02. The molecule has 30 heavy (non-hydrogen) atoms. The van der Waals surface area contributed by atoms with Crippen molar-refractivity contribution < 1.29 is 14.3 Å². The predicted molar refractivity (Wildman–Crippen MR) is 121 cm³/mol. The van der Waals surface area contributed by atoms with Gasteiger partial charge in [0, 0.05) is 32.7 Å². The standard InChI is InChI=1S/C23H32N4O3/c1-5-13-30-20-10-9-18(15-21(20)29-4)16-27-23(25-3)26-12-11-17-7-6-8-19(14-17)22(28)24-2/h6-10,14-15H,5,11-13,16H2,1-4H3,(H,24,28)(H2,25,26,27). The fourth-order valence-electron chi connectivity index (χ4n) is 2.90. The van der Waals surface area contributed by atoms with Crippen molar-refractivity contribution in [2.24, 2.45) is 4.99 Å². The molecule has 1 amide bonds. The van der Waals surface area contributed by atoms with Crippen LogP contribution in [0.4, 0.5) is 0 Å². The maximum Gasteiger partial charge on any atom is 0.251 e. The van der Waals surface area contributed by atoms with Crippen LogP contribution < -0.4 is 25.4 Å². The fraction of sp³-hybridized carbons (Fsp3) is 0.391. The van der Waals surface area contributed by atoms with Gasteiger partial charge < -0.3 is 25.4 Å². The minimum Gasteiger partial charge on any atom is -0.493 e. The Kier molecular flexibility index (Phi) is 9.51. The van der Waals surface area contributed by atoms with E-state index in [1.807, 2.05) is 42.5 Å². The third-order valence-corrected chi connectivity index (χ3v) is 4.50. The first-order chi connectivity index (χ1) is 14.6. The molecule has 162 valence electrons. The average Bonchev–Trinajstić information content (AvgIpc) is 2.79. The smallest absolute Gasteiger partial charge is 0.251 e. The number of guanidine groups is 1. The van der Waals surface area contributed by atoms with Gasteiger partial charge in [-0.3, -0.25) is 9.79 Å². The molecule has 0 aliphatic heterocycles. The number of amides is 1. The molecule has 7 nitrogen and oxygen atoms in total. The van der Waals surface area contributed by atoms with Crippen LogP contribution in [0.15, 0.2) is 47.5 Å². The average molecular weight is 413 g/mol. The molecule has 0 aliphatic rings. The summed E-state index contributed by atoms with van der Waals surface area (Å²) in [6, 6.07) is 13.5. The van der Waals surface area contributed by atoms with Crippen LogP contribution in [-0.2, 0) is 13.0 Å². The molecule has 7 heteroatoms. The summed E-state index contributed by atoms with van der Waals surface area (Å²) in [5, 5.41) is 9.25. The normalized spacial score (nSPS) is 11.0. The van der Waals surface area contributed by atoms with Crippen LogP contribution in [0.2, 0.25) is 0 Å². The highest BCUT2D eigenvalue weighted by Crippen LogP contribution is 2.28. The molecule has 3 N–H and O–H groups in total. The Bertz CT molecular complexity index is 852. The number of nitrogens with zero attached hydrogens (tertiary/aromatic N) is 1. The van der Waals surface area contributed by atoms with Crippen molar-refractivity contribution in [3.8, 4) is 11.5 Å². The second-order valence-corrected chi connectivity index (χ2v) is 6.72. The molecule has 0 saturated carbocycles. The highest BCUT2D eigenvalue weighted by Gasteiger charge is 2.07. The number of hydrogen-bond donors (Lipinski definition) is 3. The molecule has 2 aromatic rings. The first kappa shape index (κ1) is 23.1. The second kappa shape index (κ2) is 12.4. The van der Waals surface area contributed by atoms with E-state index < -0.39 is 0 Å². The van der Waals surface area contributed by atoms with E-state index in [1.54, 1.807) is 21.2 Å². The fourth-order valence-corrected chi connectivity index (χ4v) is 2.90. The Labute approximate surface area is 178 Å². The molecule has 0 spiro atoms. The summed E-state index contributed by atoms with van der Waals surface area (Å²) in [5.41, 5.74) is 2.82. The number of carbonyl (C=O) groups excluding carboxylic acids is 1. The number of nitrogens with one attached hydrogen (secondary N) is 3. The van der Waals surface area contributed by atoms with Gasteiger partial charge in [0.2, 0.25) is 0 Å². The zero-order valence-corrected chi connectivity index (χ0v) is 18.2. The zero-order chi connectivity index (χ0) is 21.8. The Hall–Kier alpha value is -3.22. The van der Waals surface area contributed by atoms with E-state index in [2.05, 4.69) is 27.9 Å². The van der Waals surface area contributed by atoms with Crippen molar-refractivity contribution in [2.45, 2.75) is 26.3 Å². The van der Waals surface area contributed by atoms with Crippen LogP contribution in [0.5, 0.6) is 11.5 Å². The van der Waals surface area contributed by atoms with Gasteiger partial charge >= 0.3 is 0 Å². The summed E-state index contributed by atoms with van der Waals surface area (Å²) in [6.07, 6.45) is 1.73. The van der Waals surface area contributed by atoms with E-state index >= 15 is 0 Å². The molecule has 0 heterocycles. The predicted octanol–water partition coefficient (Wildman–Crippen LogP) is 2.75.